The zero-order valence-electron chi connectivity index (χ0n) is 8.12. The van der Waals surface area contributed by atoms with Crippen molar-refractivity contribution < 1.29 is 9.53 Å². The summed E-state index contributed by atoms with van der Waals surface area (Å²) >= 11 is 0. The van der Waals surface area contributed by atoms with Crippen molar-refractivity contribution in [1.29, 1.82) is 0 Å². The second-order valence-corrected chi connectivity index (χ2v) is 3.53. The molecule has 0 saturated carbocycles. The fourth-order valence-electron chi connectivity index (χ4n) is 1.51. The molecule has 1 atom stereocenters. The summed E-state index contributed by atoms with van der Waals surface area (Å²) in [5, 5.41) is 0. The van der Waals surface area contributed by atoms with E-state index in [1.807, 2.05) is 25.1 Å². The second kappa shape index (κ2) is 3.29. The van der Waals surface area contributed by atoms with Gasteiger partial charge in [-0.2, -0.15) is 0 Å². The van der Waals surface area contributed by atoms with E-state index in [-0.39, 0.29) is 11.7 Å². The number of Topliss-reactive ketones (excluding diaryl/α,β-unsaturated/α-hetero) is 1. The summed E-state index contributed by atoms with van der Waals surface area (Å²) < 4.78 is 5.48. The summed E-state index contributed by atoms with van der Waals surface area (Å²) in [6, 6.07) is 7.33. The first-order valence-corrected chi connectivity index (χ1v) is 4.64. The zero-order chi connectivity index (χ0) is 10.1. The van der Waals surface area contributed by atoms with Crippen LogP contribution in [0.5, 0.6) is 5.75 Å². The van der Waals surface area contributed by atoms with Crippen molar-refractivity contribution in [1.82, 2.24) is 0 Å². The predicted octanol–water partition coefficient (Wildman–Crippen LogP) is 2.45. The van der Waals surface area contributed by atoms with E-state index in [9.17, 15) is 4.79 Å². The van der Waals surface area contributed by atoms with Gasteiger partial charge in [0.15, 0.2) is 5.78 Å². The Hall–Kier alpha value is -1.57. The van der Waals surface area contributed by atoms with Crippen LogP contribution in [-0.2, 0) is 0 Å². The van der Waals surface area contributed by atoms with Gasteiger partial charge in [0.25, 0.3) is 0 Å². The molecule has 2 heteroatoms. The molecule has 1 aliphatic heterocycles. The molecule has 0 bridgehead atoms. The average molecular weight is 188 g/mol. The molecule has 1 aliphatic rings. The largest absolute Gasteiger partial charge is 0.488 e. The molecule has 72 valence electrons. The zero-order valence-corrected chi connectivity index (χ0v) is 8.12. The van der Waals surface area contributed by atoms with Gasteiger partial charge >= 0.3 is 0 Å². The Kier molecular flexibility index (Phi) is 2.12. The molecule has 1 unspecified atom stereocenters. The topological polar surface area (TPSA) is 26.3 Å². The Balaban J connectivity index is 2.50. The van der Waals surface area contributed by atoms with E-state index in [1.54, 1.807) is 6.07 Å². The van der Waals surface area contributed by atoms with Gasteiger partial charge in [0, 0.05) is 5.92 Å². The highest BCUT2D eigenvalue weighted by atomic mass is 16.5. The first-order valence-electron chi connectivity index (χ1n) is 4.64. The number of ether oxygens (including phenoxy) is 1. The van der Waals surface area contributed by atoms with Crippen LogP contribution in [-0.4, -0.2) is 12.4 Å². The molecule has 0 saturated heterocycles. The summed E-state index contributed by atoms with van der Waals surface area (Å²) in [5.74, 6) is 0.629. The van der Waals surface area contributed by atoms with Gasteiger partial charge in [-0.15, -0.1) is 0 Å². The molecule has 0 aliphatic carbocycles. The predicted molar refractivity (Wildman–Crippen MR) is 54.6 cm³/mol. The molecule has 2 rings (SSSR count). The van der Waals surface area contributed by atoms with Crippen LogP contribution < -0.4 is 4.74 Å². The minimum absolute atomic E-state index is 0.100. The van der Waals surface area contributed by atoms with Gasteiger partial charge in [-0.1, -0.05) is 25.6 Å². The van der Waals surface area contributed by atoms with E-state index in [0.717, 1.165) is 5.57 Å². The summed E-state index contributed by atoms with van der Waals surface area (Å²) in [4.78, 5) is 11.9. The van der Waals surface area contributed by atoms with Crippen molar-refractivity contribution in [3.63, 3.8) is 0 Å². The minimum Gasteiger partial charge on any atom is -0.488 e. The molecule has 0 spiro atoms. The van der Waals surface area contributed by atoms with Crippen LogP contribution in [0.1, 0.15) is 17.3 Å². The first-order chi connectivity index (χ1) is 6.70. The lowest BCUT2D eigenvalue weighted by molar-refractivity contribution is 0.0950. The van der Waals surface area contributed by atoms with Crippen LogP contribution >= 0.6 is 0 Å². The van der Waals surface area contributed by atoms with E-state index in [4.69, 9.17) is 4.74 Å². The lowest BCUT2D eigenvalue weighted by atomic mass is 9.94. The molecule has 14 heavy (non-hydrogen) atoms. The third-order valence-corrected chi connectivity index (χ3v) is 2.57. The maximum Gasteiger partial charge on any atom is 0.173 e. The normalized spacial score (nSPS) is 21.1. The third-order valence-electron chi connectivity index (χ3n) is 2.57. The number of carbonyl (C=O) groups excluding carboxylic acids is 1. The van der Waals surface area contributed by atoms with Gasteiger partial charge in [-0.3, -0.25) is 4.79 Å². The summed E-state index contributed by atoms with van der Waals surface area (Å²) in [6.07, 6.45) is 0. The standard InChI is InChI=1S/C12H12O2/c1-8-7-14-11-6-4-3-5-10(11)12(13)9(8)2/h3-6,9H,1,7H2,2H3. The van der Waals surface area contributed by atoms with Crippen molar-refractivity contribution in [3.05, 3.63) is 42.0 Å². The number of rotatable bonds is 0. The molecule has 1 aromatic rings. The molecular weight excluding hydrogens is 176 g/mol. The number of fused-ring (bicyclic) bond motifs is 1. The van der Waals surface area contributed by atoms with Crippen molar-refractivity contribution >= 4 is 5.78 Å². The number of hydrogen-bond donors (Lipinski definition) is 0. The van der Waals surface area contributed by atoms with Gasteiger partial charge in [0.05, 0.1) is 5.56 Å². The highest BCUT2D eigenvalue weighted by molar-refractivity contribution is 6.02. The Bertz CT molecular complexity index is 393. The van der Waals surface area contributed by atoms with E-state index in [2.05, 4.69) is 6.58 Å². The number of benzene rings is 1. The van der Waals surface area contributed by atoms with Crippen molar-refractivity contribution in [2.75, 3.05) is 6.61 Å². The molecule has 2 nitrogen and oxygen atoms in total. The monoisotopic (exact) mass is 188 g/mol. The van der Waals surface area contributed by atoms with Gasteiger partial charge < -0.3 is 4.74 Å². The van der Waals surface area contributed by atoms with Crippen LogP contribution in [0.25, 0.3) is 0 Å². The number of hydrogen-bond acceptors (Lipinski definition) is 2. The lowest BCUT2D eigenvalue weighted by Crippen LogP contribution is -2.12. The summed E-state index contributed by atoms with van der Waals surface area (Å²) in [7, 11) is 0. The number of para-hydroxylation sites is 1. The smallest absolute Gasteiger partial charge is 0.173 e. The van der Waals surface area contributed by atoms with Crippen molar-refractivity contribution in [2.45, 2.75) is 6.92 Å². The maximum atomic E-state index is 11.9. The maximum absolute atomic E-state index is 11.9. The van der Waals surface area contributed by atoms with Gasteiger partial charge in [0.1, 0.15) is 12.4 Å². The van der Waals surface area contributed by atoms with Crippen molar-refractivity contribution in [2.24, 2.45) is 5.92 Å². The second-order valence-electron chi connectivity index (χ2n) is 3.53. The third kappa shape index (κ3) is 1.33. The van der Waals surface area contributed by atoms with E-state index >= 15 is 0 Å². The molecule has 0 fully saturated rings. The lowest BCUT2D eigenvalue weighted by Gasteiger charge is -2.06. The van der Waals surface area contributed by atoms with Gasteiger partial charge in [-0.25, -0.2) is 0 Å². The fourth-order valence-corrected chi connectivity index (χ4v) is 1.51. The quantitative estimate of drug-likeness (QED) is 0.584. The minimum atomic E-state index is -0.140. The average Bonchev–Trinajstić information content (AvgIpc) is 2.32. The molecule has 1 heterocycles. The van der Waals surface area contributed by atoms with Crippen LogP contribution in [0.15, 0.2) is 36.4 Å². The molecule has 1 aromatic carbocycles. The van der Waals surface area contributed by atoms with Crippen molar-refractivity contribution in [3.8, 4) is 5.75 Å². The fraction of sp³-hybridized carbons (Fsp3) is 0.250. The Morgan fingerprint density at radius 3 is 2.93 bits per heavy atom. The SMILES string of the molecule is C=C1COc2ccccc2C(=O)C1C. The first kappa shape index (κ1) is 9.00. The molecule has 0 N–H and O–H groups in total. The molecule has 0 radical (unpaired) electrons. The van der Waals surface area contributed by atoms with Crippen LogP contribution in [0.4, 0.5) is 0 Å². The Labute approximate surface area is 83.2 Å². The van der Waals surface area contributed by atoms with E-state index < -0.39 is 0 Å². The molecular formula is C12H12O2. The van der Waals surface area contributed by atoms with E-state index in [1.165, 1.54) is 0 Å². The number of carbonyl (C=O) groups is 1. The van der Waals surface area contributed by atoms with Gasteiger partial charge in [0.2, 0.25) is 0 Å². The molecule has 0 aromatic heterocycles. The Morgan fingerprint density at radius 1 is 1.43 bits per heavy atom. The number of ketones is 1. The summed E-state index contributed by atoms with van der Waals surface area (Å²) in [6.45, 7) is 6.15. The highest BCUT2D eigenvalue weighted by Gasteiger charge is 2.24. The van der Waals surface area contributed by atoms with Crippen LogP contribution in [0, 0.1) is 5.92 Å². The van der Waals surface area contributed by atoms with Crippen LogP contribution in [0.2, 0.25) is 0 Å². The van der Waals surface area contributed by atoms with E-state index in [0.29, 0.717) is 17.9 Å². The highest BCUT2D eigenvalue weighted by Crippen LogP contribution is 2.28. The van der Waals surface area contributed by atoms with Gasteiger partial charge in [-0.05, 0) is 17.7 Å². The summed E-state index contributed by atoms with van der Waals surface area (Å²) in [5.41, 5.74) is 1.50. The Morgan fingerprint density at radius 2 is 2.14 bits per heavy atom. The van der Waals surface area contributed by atoms with Crippen LogP contribution in [0.3, 0.4) is 0 Å². The molecule has 0 amide bonds.